The fourth-order valence-electron chi connectivity index (χ4n) is 2.01. The summed E-state index contributed by atoms with van der Waals surface area (Å²) in [4.78, 5) is 23.3. The van der Waals surface area contributed by atoms with Gasteiger partial charge in [-0.15, -0.1) is 0 Å². The van der Waals surface area contributed by atoms with E-state index in [0.717, 1.165) is 0 Å². The Balaban J connectivity index is 2.74. The van der Waals surface area contributed by atoms with Crippen LogP contribution in [0, 0.1) is 0 Å². The molecule has 124 valence electrons. The second kappa shape index (κ2) is 10.1. The molecule has 1 aliphatic heterocycles. The maximum Gasteiger partial charge on any atom is 0.330 e. The second-order valence-electron chi connectivity index (χ2n) is 5.20. The van der Waals surface area contributed by atoms with Gasteiger partial charge in [0.2, 0.25) is 0 Å². The van der Waals surface area contributed by atoms with Crippen molar-refractivity contribution in [2.45, 2.75) is 51.4 Å². The first-order chi connectivity index (χ1) is 10.5. The molecule has 0 N–H and O–H groups in total. The van der Waals surface area contributed by atoms with Crippen LogP contribution >= 0.6 is 0 Å². The van der Waals surface area contributed by atoms with Crippen molar-refractivity contribution in [2.75, 3.05) is 13.9 Å². The topological polar surface area (TPSA) is 71.1 Å². The lowest BCUT2D eigenvalue weighted by Crippen LogP contribution is -2.23. The number of esters is 2. The van der Waals surface area contributed by atoms with Crippen LogP contribution in [0.3, 0.4) is 0 Å². The van der Waals surface area contributed by atoms with E-state index in [9.17, 15) is 9.59 Å². The highest BCUT2D eigenvalue weighted by Crippen LogP contribution is 2.12. The van der Waals surface area contributed by atoms with Gasteiger partial charge < -0.3 is 18.9 Å². The summed E-state index contributed by atoms with van der Waals surface area (Å²) < 4.78 is 20.9. The van der Waals surface area contributed by atoms with E-state index in [1.54, 1.807) is 26.0 Å². The van der Waals surface area contributed by atoms with Crippen molar-refractivity contribution >= 4 is 11.9 Å². The fraction of sp³-hybridized carbons (Fsp3) is 0.625. The summed E-state index contributed by atoms with van der Waals surface area (Å²) in [7, 11) is 1.53. The van der Waals surface area contributed by atoms with Crippen LogP contribution in [0.5, 0.6) is 0 Å². The van der Waals surface area contributed by atoms with Crippen molar-refractivity contribution in [1.82, 2.24) is 0 Å². The van der Waals surface area contributed by atoms with Crippen LogP contribution in [0.4, 0.5) is 0 Å². The summed E-state index contributed by atoms with van der Waals surface area (Å²) in [5, 5.41) is 0. The molecule has 6 heteroatoms. The third-order valence-corrected chi connectivity index (χ3v) is 3.03. The zero-order valence-electron chi connectivity index (χ0n) is 13.3. The van der Waals surface area contributed by atoms with Gasteiger partial charge in [-0.05, 0) is 20.3 Å². The van der Waals surface area contributed by atoms with E-state index >= 15 is 0 Å². The van der Waals surface area contributed by atoms with Crippen molar-refractivity contribution in [3.8, 4) is 0 Å². The van der Waals surface area contributed by atoms with Gasteiger partial charge in [0.1, 0.15) is 19.0 Å². The minimum absolute atomic E-state index is 0.139. The molecule has 0 fully saturated rings. The lowest BCUT2D eigenvalue weighted by atomic mass is 10.1. The number of hydrogen-bond acceptors (Lipinski definition) is 6. The summed E-state index contributed by atoms with van der Waals surface area (Å²) in [5.74, 6) is -0.816. The number of cyclic esters (lactones) is 2. The van der Waals surface area contributed by atoms with Gasteiger partial charge in [-0.3, -0.25) is 0 Å². The van der Waals surface area contributed by atoms with E-state index in [-0.39, 0.29) is 25.1 Å². The molecule has 1 unspecified atom stereocenters. The highest BCUT2D eigenvalue weighted by molar-refractivity contribution is 5.82. The lowest BCUT2D eigenvalue weighted by molar-refractivity contribution is -0.145. The molecule has 22 heavy (non-hydrogen) atoms. The summed E-state index contributed by atoms with van der Waals surface area (Å²) in [6.07, 6.45) is 6.76. The van der Waals surface area contributed by atoms with E-state index in [1.807, 2.05) is 0 Å². The molecule has 0 amide bonds. The smallest absolute Gasteiger partial charge is 0.330 e. The van der Waals surface area contributed by atoms with Crippen molar-refractivity contribution < 1.29 is 28.5 Å². The van der Waals surface area contributed by atoms with Crippen molar-refractivity contribution in [3.63, 3.8) is 0 Å². The summed E-state index contributed by atoms with van der Waals surface area (Å²) in [6, 6.07) is 0. The molecule has 6 nitrogen and oxygen atoms in total. The van der Waals surface area contributed by atoms with Gasteiger partial charge in [-0.25, -0.2) is 9.59 Å². The van der Waals surface area contributed by atoms with E-state index in [1.165, 1.54) is 19.3 Å². The molecule has 1 heterocycles. The normalized spacial score (nSPS) is 30.8. The van der Waals surface area contributed by atoms with E-state index in [2.05, 4.69) is 0 Å². The van der Waals surface area contributed by atoms with Crippen LogP contribution in [0.1, 0.15) is 33.1 Å². The van der Waals surface area contributed by atoms with Gasteiger partial charge in [0.15, 0.2) is 0 Å². The lowest BCUT2D eigenvalue weighted by Gasteiger charge is -2.20. The average Bonchev–Trinajstić information content (AvgIpc) is 2.43. The average molecular weight is 312 g/mol. The SMILES string of the molecule is COCO[C@H]1C/C=C/C(=O)OC(C)C/C=C/C(=O)O[C@H](C)C1. The van der Waals surface area contributed by atoms with Crippen molar-refractivity contribution in [1.29, 1.82) is 0 Å². The van der Waals surface area contributed by atoms with Crippen molar-refractivity contribution in [2.24, 2.45) is 0 Å². The Hall–Kier alpha value is -1.66. The van der Waals surface area contributed by atoms with Crippen LogP contribution in [0.25, 0.3) is 0 Å². The molecule has 0 aliphatic carbocycles. The maximum atomic E-state index is 11.7. The Morgan fingerprint density at radius 3 is 2.27 bits per heavy atom. The van der Waals surface area contributed by atoms with Crippen LogP contribution in [-0.4, -0.2) is 44.2 Å². The number of ether oxygens (including phenoxy) is 4. The maximum absolute atomic E-state index is 11.7. The molecule has 0 spiro atoms. The molecule has 0 bridgehead atoms. The number of rotatable bonds is 3. The molecule has 0 aromatic rings. The summed E-state index contributed by atoms with van der Waals surface area (Å²) in [5.41, 5.74) is 0. The van der Waals surface area contributed by atoms with Crippen LogP contribution < -0.4 is 0 Å². The zero-order valence-corrected chi connectivity index (χ0v) is 13.3. The van der Waals surface area contributed by atoms with Gasteiger partial charge in [-0.1, -0.05) is 12.2 Å². The fourth-order valence-corrected chi connectivity index (χ4v) is 2.01. The molecule has 0 aromatic heterocycles. The molecule has 0 radical (unpaired) electrons. The molecular formula is C16H24O6. The molecular weight excluding hydrogens is 288 g/mol. The largest absolute Gasteiger partial charge is 0.459 e. The Morgan fingerprint density at radius 2 is 1.64 bits per heavy atom. The van der Waals surface area contributed by atoms with Crippen LogP contribution in [0.15, 0.2) is 24.3 Å². The minimum atomic E-state index is -0.413. The van der Waals surface area contributed by atoms with Gasteiger partial charge >= 0.3 is 11.9 Å². The number of hydrogen-bond donors (Lipinski definition) is 0. The molecule has 0 saturated heterocycles. The second-order valence-corrected chi connectivity index (χ2v) is 5.20. The van der Waals surface area contributed by atoms with E-state index in [0.29, 0.717) is 19.3 Å². The quantitative estimate of drug-likeness (QED) is 0.587. The third kappa shape index (κ3) is 7.95. The molecule has 1 aliphatic rings. The van der Waals surface area contributed by atoms with Crippen LogP contribution in [0.2, 0.25) is 0 Å². The van der Waals surface area contributed by atoms with E-state index < -0.39 is 11.9 Å². The molecule has 0 saturated carbocycles. The van der Waals surface area contributed by atoms with Gasteiger partial charge in [-0.2, -0.15) is 0 Å². The number of methoxy groups -OCH3 is 1. The van der Waals surface area contributed by atoms with Gasteiger partial charge in [0.05, 0.1) is 6.10 Å². The Morgan fingerprint density at radius 1 is 1.05 bits per heavy atom. The van der Waals surface area contributed by atoms with Crippen LogP contribution in [-0.2, 0) is 28.5 Å². The summed E-state index contributed by atoms with van der Waals surface area (Å²) in [6.45, 7) is 3.71. The summed E-state index contributed by atoms with van der Waals surface area (Å²) >= 11 is 0. The number of carbonyl (C=O) groups is 2. The highest BCUT2D eigenvalue weighted by Gasteiger charge is 2.16. The Labute approximate surface area is 131 Å². The number of carbonyl (C=O) groups excluding carboxylic acids is 2. The first-order valence-electron chi connectivity index (χ1n) is 7.36. The zero-order chi connectivity index (χ0) is 16.4. The van der Waals surface area contributed by atoms with Gasteiger partial charge in [0.25, 0.3) is 0 Å². The minimum Gasteiger partial charge on any atom is -0.459 e. The Bertz CT molecular complexity index is 415. The van der Waals surface area contributed by atoms with E-state index in [4.69, 9.17) is 18.9 Å². The van der Waals surface area contributed by atoms with Crippen molar-refractivity contribution in [3.05, 3.63) is 24.3 Å². The molecule has 0 aromatic carbocycles. The predicted octanol–water partition coefficient (Wildman–Crippen LogP) is 2.14. The first kappa shape index (κ1) is 18.4. The predicted molar refractivity (Wildman–Crippen MR) is 80.0 cm³/mol. The van der Waals surface area contributed by atoms with Gasteiger partial charge in [0, 0.05) is 32.1 Å². The first-order valence-corrected chi connectivity index (χ1v) is 7.36. The monoisotopic (exact) mass is 312 g/mol. The standard InChI is InChI=1S/C16H24O6/c1-12-6-4-8-16(18)22-13(2)10-14(20-11-19-3)7-5-9-15(17)21-12/h4-5,8-9,12-14H,6-7,10-11H2,1-3H3/b8-4+,9-5+/t12?,13-,14+/m1/s1. The molecule has 3 atom stereocenters. The molecule has 1 rings (SSSR count). The third-order valence-electron chi connectivity index (χ3n) is 3.03. The Kier molecular flexibility index (Phi) is 8.47. The highest BCUT2D eigenvalue weighted by atomic mass is 16.7.